The molecular weight excluding hydrogens is 378 g/mol. The van der Waals surface area contributed by atoms with Crippen LogP contribution in [0.3, 0.4) is 0 Å². The highest BCUT2D eigenvalue weighted by Gasteiger charge is 2.51. The third-order valence-electron chi connectivity index (χ3n) is 4.71. The second-order valence-corrected chi connectivity index (χ2v) is 8.14. The van der Waals surface area contributed by atoms with E-state index in [1.165, 1.54) is 16.2 Å². The molecule has 1 aliphatic heterocycles. The van der Waals surface area contributed by atoms with Crippen molar-refractivity contribution in [3.63, 3.8) is 0 Å². The zero-order chi connectivity index (χ0) is 18.9. The lowest BCUT2D eigenvalue weighted by atomic mass is 9.85. The van der Waals surface area contributed by atoms with Crippen LogP contribution in [0.2, 0.25) is 0 Å². The minimum Gasteiger partial charge on any atom is -0.319 e. The Morgan fingerprint density at radius 3 is 2.67 bits per heavy atom. The van der Waals surface area contributed by atoms with E-state index in [-0.39, 0.29) is 18.5 Å². The largest absolute Gasteiger partial charge is 0.325 e. The highest BCUT2D eigenvalue weighted by atomic mass is 32.1. The first kappa shape index (κ1) is 17.9. The number of urea groups is 1. The van der Waals surface area contributed by atoms with Gasteiger partial charge in [-0.3, -0.25) is 9.69 Å². The number of carbonyl (C=O) groups is 2. The van der Waals surface area contributed by atoms with Gasteiger partial charge in [0.2, 0.25) is 0 Å². The zero-order valence-electron chi connectivity index (χ0n) is 14.8. The van der Waals surface area contributed by atoms with Crippen LogP contribution in [0.25, 0.3) is 10.6 Å². The Morgan fingerprint density at radius 1 is 1.15 bits per heavy atom. The lowest BCUT2D eigenvalue weighted by Gasteiger charge is -2.26. The Kier molecular flexibility index (Phi) is 4.80. The first-order chi connectivity index (χ1) is 13.1. The molecule has 27 heavy (non-hydrogen) atoms. The smallest absolute Gasteiger partial charge is 0.319 e. The fourth-order valence-corrected chi connectivity index (χ4v) is 4.96. The fraction of sp³-hybridized carbons (Fsp3) is 0.250. The molecule has 1 N–H and O–H groups in total. The van der Waals surface area contributed by atoms with Crippen molar-refractivity contribution in [2.45, 2.75) is 31.8 Å². The van der Waals surface area contributed by atoms with Crippen molar-refractivity contribution in [1.82, 2.24) is 15.2 Å². The Balaban J connectivity index is 1.61. The van der Waals surface area contributed by atoms with Crippen molar-refractivity contribution in [3.05, 3.63) is 63.8 Å². The van der Waals surface area contributed by atoms with Crippen LogP contribution < -0.4 is 5.32 Å². The number of imide groups is 1. The molecular formula is C20H19N3O2S2. The summed E-state index contributed by atoms with van der Waals surface area (Å²) in [7, 11) is 0. The molecule has 0 radical (unpaired) electrons. The molecule has 3 aromatic rings. The quantitative estimate of drug-likeness (QED) is 0.618. The van der Waals surface area contributed by atoms with Crippen LogP contribution in [0.15, 0.2) is 52.5 Å². The topological polar surface area (TPSA) is 62.3 Å². The Bertz CT molecular complexity index is 953. The van der Waals surface area contributed by atoms with E-state index in [2.05, 4.69) is 10.3 Å². The van der Waals surface area contributed by atoms with Crippen LogP contribution in [0.1, 0.15) is 31.0 Å². The molecule has 1 atom stereocenters. The molecule has 1 aliphatic rings. The van der Waals surface area contributed by atoms with Gasteiger partial charge in [0.25, 0.3) is 5.91 Å². The molecule has 138 valence electrons. The number of benzene rings is 1. The highest BCUT2D eigenvalue weighted by Crippen LogP contribution is 2.35. The van der Waals surface area contributed by atoms with Gasteiger partial charge < -0.3 is 5.32 Å². The van der Waals surface area contributed by atoms with Gasteiger partial charge in [-0.1, -0.05) is 43.7 Å². The third kappa shape index (κ3) is 3.17. The number of nitrogens with zero attached hydrogens (tertiary/aromatic N) is 2. The summed E-state index contributed by atoms with van der Waals surface area (Å²) in [5.74, 6) is -0.203. The average Bonchev–Trinajstić information content (AvgIpc) is 3.41. The van der Waals surface area contributed by atoms with Crippen molar-refractivity contribution < 1.29 is 9.59 Å². The van der Waals surface area contributed by atoms with E-state index in [1.54, 1.807) is 11.3 Å². The molecule has 1 saturated heterocycles. The van der Waals surface area contributed by atoms with Crippen LogP contribution in [0.5, 0.6) is 0 Å². The number of hydrogen-bond acceptors (Lipinski definition) is 5. The number of nitrogens with one attached hydrogen (secondary N) is 1. The molecule has 1 aromatic carbocycles. The lowest BCUT2D eigenvalue weighted by molar-refractivity contribution is -0.132. The van der Waals surface area contributed by atoms with Gasteiger partial charge in [0, 0.05) is 16.3 Å². The molecule has 0 bridgehead atoms. The van der Waals surface area contributed by atoms with Crippen molar-refractivity contribution in [2.75, 3.05) is 0 Å². The minimum absolute atomic E-state index is 0.184. The summed E-state index contributed by atoms with van der Waals surface area (Å²) in [6.45, 7) is 2.20. The van der Waals surface area contributed by atoms with Gasteiger partial charge in [-0.05, 0) is 23.4 Å². The highest BCUT2D eigenvalue weighted by molar-refractivity contribution is 7.14. The van der Waals surface area contributed by atoms with E-state index in [4.69, 9.17) is 0 Å². The normalized spacial score (nSPS) is 19.5. The predicted octanol–water partition coefficient (Wildman–Crippen LogP) is 4.62. The Hall–Kier alpha value is -2.51. The maximum absolute atomic E-state index is 13.3. The summed E-state index contributed by atoms with van der Waals surface area (Å²) in [5.41, 5.74) is 1.63. The standard InChI is InChI=1S/C20H19N3O2S2/c1-2-9-20(15-6-4-3-5-7-15)18(24)23(19(25)22-20)11-16-13-27-17(21-16)14-8-10-26-12-14/h3-8,10,12-13H,2,9,11H2,1H3,(H,22,25)/t20-/m0/s1. The predicted molar refractivity (Wildman–Crippen MR) is 108 cm³/mol. The van der Waals surface area contributed by atoms with Crippen molar-refractivity contribution >= 4 is 34.6 Å². The molecule has 5 nitrogen and oxygen atoms in total. The van der Waals surface area contributed by atoms with Crippen LogP contribution >= 0.6 is 22.7 Å². The third-order valence-corrected chi connectivity index (χ3v) is 6.33. The lowest BCUT2D eigenvalue weighted by Crippen LogP contribution is -2.43. The van der Waals surface area contributed by atoms with Crippen LogP contribution in [0, 0.1) is 0 Å². The molecule has 0 aliphatic carbocycles. The number of thiazole rings is 1. The van der Waals surface area contributed by atoms with Crippen LogP contribution in [-0.2, 0) is 16.9 Å². The van der Waals surface area contributed by atoms with E-state index >= 15 is 0 Å². The number of thiophene rings is 1. The second-order valence-electron chi connectivity index (χ2n) is 6.50. The van der Waals surface area contributed by atoms with Gasteiger partial charge in [0.05, 0.1) is 12.2 Å². The van der Waals surface area contributed by atoms with E-state index < -0.39 is 5.54 Å². The van der Waals surface area contributed by atoms with E-state index in [1.807, 2.05) is 59.5 Å². The monoisotopic (exact) mass is 397 g/mol. The van der Waals surface area contributed by atoms with Gasteiger partial charge in [0.1, 0.15) is 10.5 Å². The maximum atomic E-state index is 13.3. The minimum atomic E-state index is -0.987. The summed E-state index contributed by atoms with van der Waals surface area (Å²) in [5, 5.41) is 9.82. The molecule has 0 unspecified atom stereocenters. The summed E-state index contributed by atoms with van der Waals surface area (Å²) < 4.78 is 0. The van der Waals surface area contributed by atoms with Gasteiger partial charge in [-0.2, -0.15) is 11.3 Å². The van der Waals surface area contributed by atoms with Crippen LogP contribution in [-0.4, -0.2) is 21.8 Å². The fourth-order valence-electron chi connectivity index (χ4n) is 3.44. The van der Waals surface area contributed by atoms with E-state index in [0.29, 0.717) is 6.42 Å². The molecule has 3 amide bonds. The van der Waals surface area contributed by atoms with Gasteiger partial charge >= 0.3 is 6.03 Å². The molecule has 7 heteroatoms. The van der Waals surface area contributed by atoms with E-state index in [9.17, 15) is 9.59 Å². The van der Waals surface area contributed by atoms with Gasteiger partial charge in [0.15, 0.2) is 0 Å². The second kappa shape index (κ2) is 7.25. The Morgan fingerprint density at radius 2 is 1.96 bits per heavy atom. The van der Waals surface area contributed by atoms with E-state index in [0.717, 1.165) is 28.2 Å². The zero-order valence-corrected chi connectivity index (χ0v) is 16.5. The molecule has 1 fully saturated rings. The summed E-state index contributed by atoms with van der Waals surface area (Å²) in [6.07, 6.45) is 1.35. The molecule has 4 rings (SSSR count). The van der Waals surface area contributed by atoms with Crippen molar-refractivity contribution in [2.24, 2.45) is 0 Å². The molecule has 2 aromatic heterocycles. The molecule has 3 heterocycles. The van der Waals surface area contributed by atoms with Crippen LogP contribution in [0.4, 0.5) is 4.79 Å². The molecule has 0 saturated carbocycles. The maximum Gasteiger partial charge on any atom is 0.325 e. The Labute approximate surface area is 165 Å². The number of hydrogen-bond donors (Lipinski definition) is 1. The number of amides is 3. The van der Waals surface area contributed by atoms with Gasteiger partial charge in [-0.25, -0.2) is 9.78 Å². The number of aromatic nitrogens is 1. The van der Waals surface area contributed by atoms with Crippen molar-refractivity contribution in [3.8, 4) is 10.6 Å². The number of carbonyl (C=O) groups excluding carboxylic acids is 2. The average molecular weight is 398 g/mol. The number of rotatable bonds is 6. The SMILES string of the molecule is CCC[C@@]1(c2ccccc2)NC(=O)N(Cc2csc(-c3ccsc3)n2)C1=O. The summed E-state index contributed by atoms with van der Waals surface area (Å²) in [4.78, 5) is 31.8. The first-order valence-electron chi connectivity index (χ1n) is 8.80. The van der Waals surface area contributed by atoms with Crippen molar-refractivity contribution in [1.29, 1.82) is 0 Å². The first-order valence-corrected chi connectivity index (χ1v) is 10.6. The van der Waals surface area contributed by atoms with Gasteiger partial charge in [-0.15, -0.1) is 11.3 Å². The summed E-state index contributed by atoms with van der Waals surface area (Å²) in [6, 6.07) is 11.1. The molecule has 0 spiro atoms. The summed E-state index contributed by atoms with van der Waals surface area (Å²) >= 11 is 3.14.